The van der Waals surface area contributed by atoms with E-state index in [1.165, 1.54) is 18.3 Å². The third kappa shape index (κ3) is 3.38. The van der Waals surface area contributed by atoms with Crippen molar-refractivity contribution in [3.8, 4) is 0 Å². The number of carbonyl (C=O) groups is 2. The topological polar surface area (TPSA) is 53.5 Å². The van der Waals surface area contributed by atoms with Crippen LogP contribution in [-0.4, -0.2) is 52.8 Å². The van der Waals surface area contributed by atoms with E-state index in [4.69, 9.17) is 11.6 Å². The van der Waals surface area contributed by atoms with Gasteiger partial charge in [-0.15, -0.1) is 0 Å². The first-order valence-electron chi connectivity index (χ1n) is 7.50. The summed E-state index contributed by atoms with van der Waals surface area (Å²) in [6, 6.07) is 7.43. The first kappa shape index (κ1) is 16.4. The average Bonchev–Trinajstić information content (AvgIpc) is 2.63. The van der Waals surface area contributed by atoms with Gasteiger partial charge in [-0.3, -0.25) is 14.6 Å². The molecule has 1 saturated heterocycles. The number of rotatable bonds is 2. The minimum atomic E-state index is -0.618. The van der Waals surface area contributed by atoms with Crippen molar-refractivity contribution in [3.05, 3.63) is 64.7 Å². The molecule has 3 rings (SSSR count). The summed E-state index contributed by atoms with van der Waals surface area (Å²) in [6.07, 6.45) is 3.13. The van der Waals surface area contributed by atoms with E-state index in [1.807, 2.05) is 0 Å². The second-order valence-corrected chi connectivity index (χ2v) is 5.86. The van der Waals surface area contributed by atoms with Crippen molar-refractivity contribution < 1.29 is 14.0 Å². The van der Waals surface area contributed by atoms with Crippen LogP contribution in [0.1, 0.15) is 20.7 Å². The van der Waals surface area contributed by atoms with E-state index in [0.29, 0.717) is 31.7 Å². The lowest BCUT2D eigenvalue weighted by atomic mass is 10.1. The molecule has 7 heteroatoms. The molecule has 0 N–H and O–H groups in total. The molecule has 1 aromatic carbocycles. The molecule has 0 atom stereocenters. The van der Waals surface area contributed by atoms with Crippen LogP contribution in [0, 0.1) is 5.82 Å². The largest absolute Gasteiger partial charge is 0.335 e. The van der Waals surface area contributed by atoms with Crippen molar-refractivity contribution in [2.75, 3.05) is 26.2 Å². The Balaban J connectivity index is 1.63. The van der Waals surface area contributed by atoms with E-state index in [2.05, 4.69) is 4.98 Å². The van der Waals surface area contributed by atoms with Crippen molar-refractivity contribution in [1.82, 2.24) is 14.8 Å². The zero-order chi connectivity index (χ0) is 17.1. The van der Waals surface area contributed by atoms with Crippen molar-refractivity contribution in [1.29, 1.82) is 0 Å². The average molecular weight is 348 g/mol. The molecule has 2 heterocycles. The van der Waals surface area contributed by atoms with Gasteiger partial charge in [-0.1, -0.05) is 11.6 Å². The maximum absolute atomic E-state index is 13.5. The molecule has 0 radical (unpaired) electrons. The van der Waals surface area contributed by atoms with Gasteiger partial charge in [0.15, 0.2) is 0 Å². The van der Waals surface area contributed by atoms with Crippen LogP contribution in [0.4, 0.5) is 4.39 Å². The van der Waals surface area contributed by atoms with Crippen LogP contribution in [0.25, 0.3) is 0 Å². The van der Waals surface area contributed by atoms with Crippen LogP contribution in [0.2, 0.25) is 5.02 Å². The van der Waals surface area contributed by atoms with Gasteiger partial charge in [-0.2, -0.15) is 0 Å². The molecule has 5 nitrogen and oxygen atoms in total. The molecule has 0 saturated carbocycles. The molecule has 0 aliphatic carbocycles. The predicted molar refractivity (Wildman–Crippen MR) is 87.5 cm³/mol. The highest BCUT2D eigenvalue weighted by molar-refractivity contribution is 6.30. The molecule has 124 valence electrons. The van der Waals surface area contributed by atoms with Crippen LogP contribution in [0.15, 0.2) is 42.7 Å². The summed E-state index contributed by atoms with van der Waals surface area (Å²) in [4.78, 5) is 32.0. The number of benzene rings is 1. The van der Waals surface area contributed by atoms with Gasteiger partial charge in [0.05, 0.1) is 10.6 Å². The molecule has 1 fully saturated rings. The summed E-state index contributed by atoms with van der Waals surface area (Å²) in [5, 5.41) is -0.0153. The first-order chi connectivity index (χ1) is 11.6. The third-order valence-electron chi connectivity index (χ3n) is 3.93. The molecule has 2 aromatic rings. The van der Waals surface area contributed by atoms with E-state index in [-0.39, 0.29) is 22.4 Å². The highest BCUT2D eigenvalue weighted by Gasteiger charge is 2.25. The zero-order valence-corrected chi connectivity index (χ0v) is 13.5. The van der Waals surface area contributed by atoms with E-state index in [9.17, 15) is 14.0 Å². The van der Waals surface area contributed by atoms with Crippen molar-refractivity contribution in [3.63, 3.8) is 0 Å². The molecular formula is C17H15ClFN3O2. The summed E-state index contributed by atoms with van der Waals surface area (Å²) >= 11 is 5.63. The Kier molecular flexibility index (Phi) is 4.76. The Hall–Kier alpha value is -2.47. The van der Waals surface area contributed by atoms with Crippen LogP contribution < -0.4 is 0 Å². The number of hydrogen-bond donors (Lipinski definition) is 0. The van der Waals surface area contributed by atoms with Gasteiger partial charge in [0.1, 0.15) is 5.82 Å². The van der Waals surface area contributed by atoms with E-state index < -0.39 is 5.82 Å². The molecule has 1 aliphatic rings. The Morgan fingerprint density at radius 3 is 2.17 bits per heavy atom. The maximum atomic E-state index is 13.5. The lowest BCUT2D eigenvalue weighted by Crippen LogP contribution is -2.50. The normalized spacial score (nSPS) is 14.6. The highest BCUT2D eigenvalue weighted by Crippen LogP contribution is 2.18. The number of aromatic nitrogens is 1. The van der Waals surface area contributed by atoms with Crippen LogP contribution >= 0.6 is 11.6 Å². The molecule has 0 spiro atoms. The smallest absolute Gasteiger partial charge is 0.255 e. The molecule has 1 aliphatic heterocycles. The molecular weight excluding hydrogens is 333 g/mol. The minimum absolute atomic E-state index is 0.0153. The minimum Gasteiger partial charge on any atom is -0.335 e. The standard InChI is InChI=1S/C17H15ClFN3O2/c18-14-4-3-12(10-15(14)19)16(23)21-6-8-22(9-7-21)17(24)13-2-1-5-20-11-13/h1-5,10-11H,6-9H2. The number of piperazine rings is 1. The lowest BCUT2D eigenvalue weighted by Gasteiger charge is -2.34. The lowest BCUT2D eigenvalue weighted by molar-refractivity contribution is 0.0535. The van der Waals surface area contributed by atoms with Gasteiger partial charge in [0.2, 0.25) is 0 Å². The number of amides is 2. The second-order valence-electron chi connectivity index (χ2n) is 5.45. The monoisotopic (exact) mass is 347 g/mol. The van der Waals surface area contributed by atoms with Crippen molar-refractivity contribution in [2.45, 2.75) is 0 Å². The number of carbonyl (C=O) groups excluding carboxylic acids is 2. The number of pyridine rings is 1. The summed E-state index contributed by atoms with van der Waals surface area (Å²) in [6.45, 7) is 1.65. The number of hydrogen-bond acceptors (Lipinski definition) is 3. The summed E-state index contributed by atoms with van der Waals surface area (Å²) in [5.41, 5.74) is 0.779. The van der Waals surface area contributed by atoms with Gasteiger partial charge >= 0.3 is 0 Å². The Labute approximate surface area is 143 Å². The number of halogens is 2. The highest BCUT2D eigenvalue weighted by atomic mass is 35.5. The molecule has 1 aromatic heterocycles. The van der Waals surface area contributed by atoms with Gasteiger partial charge in [0.25, 0.3) is 11.8 Å². The van der Waals surface area contributed by atoms with Gasteiger partial charge in [-0.25, -0.2) is 4.39 Å². The van der Waals surface area contributed by atoms with Crippen LogP contribution in [0.3, 0.4) is 0 Å². The van der Waals surface area contributed by atoms with Crippen molar-refractivity contribution >= 4 is 23.4 Å². The predicted octanol–water partition coefficient (Wildman–Crippen LogP) is 2.47. The van der Waals surface area contributed by atoms with E-state index in [0.717, 1.165) is 6.07 Å². The fourth-order valence-corrected chi connectivity index (χ4v) is 2.71. The fraction of sp³-hybridized carbons (Fsp3) is 0.235. The van der Waals surface area contributed by atoms with Gasteiger partial charge in [-0.05, 0) is 30.3 Å². The maximum Gasteiger partial charge on any atom is 0.255 e. The van der Waals surface area contributed by atoms with Crippen molar-refractivity contribution in [2.24, 2.45) is 0 Å². The summed E-state index contributed by atoms with van der Waals surface area (Å²) in [5.74, 6) is -0.986. The molecule has 2 amide bonds. The Bertz CT molecular complexity index is 762. The van der Waals surface area contributed by atoms with Crippen LogP contribution in [-0.2, 0) is 0 Å². The van der Waals surface area contributed by atoms with E-state index in [1.54, 1.807) is 28.1 Å². The second kappa shape index (κ2) is 6.97. The molecule has 0 unspecified atom stereocenters. The summed E-state index contributed by atoms with van der Waals surface area (Å²) in [7, 11) is 0. The van der Waals surface area contributed by atoms with Gasteiger partial charge in [0, 0.05) is 44.1 Å². The number of nitrogens with zero attached hydrogens (tertiary/aromatic N) is 3. The SMILES string of the molecule is O=C(c1cccnc1)N1CCN(C(=O)c2ccc(Cl)c(F)c2)CC1. The summed E-state index contributed by atoms with van der Waals surface area (Å²) < 4.78 is 13.5. The van der Waals surface area contributed by atoms with Crippen LogP contribution in [0.5, 0.6) is 0 Å². The molecule has 0 bridgehead atoms. The zero-order valence-electron chi connectivity index (χ0n) is 12.8. The fourth-order valence-electron chi connectivity index (χ4n) is 2.60. The Morgan fingerprint density at radius 2 is 1.62 bits per heavy atom. The van der Waals surface area contributed by atoms with Gasteiger partial charge < -0.3 is 9.80 Å². The Morgan fingerprint density at radius 1 is 1.00 bits per heavy atom. The molecule has 24 heavy (non-hydrogen) atoms. The van der Waals surface area contributed by atoms with E-state index >= 15 is 0 Å². The third-order valence-corrected chi connectivity index (χ3v) is 4.24. The first-order valence-corrected chi connectivity index (χ1v) is 7.87. The quantitative estimate of drug-likeness (QED) is 0.838.